The summed E-state index contributed by atoms with van der Waals surface area (Å²) in [5.74, 6) is 1.71. The summed E-state index contributed by atoms with van der Waals surface area (Å²) in [6, 6.07) is 21.8. The van der Waals surface area contributed by atoms with Gasteiger partial charge < -0.3 is 9.15 Å². The van der Waals surface area contributed by atoms with Crippen molar-refractivity contribution < 1.29 is 9.15 Å². The highest BCUT2D eigenvalue weighted by atomic mass is 79.9. The molecular formula is C19H13BrN2O2. The molecule has 0 unspecified atom stereocenters. The Balaban J connectivity index is 1.49. The van der Waals surface area contributed by atoms with Crippen molar-refractivity contribution in [3.05, 3.63) is 77.1 Å². The van der Waals surface area contributed by atoms with Crippen molar-refractivity contribution in [2.24, 2.45) is 0 Å². The van der Waals surface area contributed by atoms with Crippen LogP contribution < -0.4 is 4.74 Å². The Kier molecular flexibility index (Phi) is 4.01. The molecule has 0 aliphatic carbocycles. The van der Waals surface area contributed by atoms with Gasteiger partial charge in [0.1, 0.15) is 5.75 Å². The predicted molar refractivity (Wildman–Crippen MR) is 95.7 cm³/mol. The van der Waals surface area contributed by atoms with Crippen LogP contribution in [0.4, 0.5) is 0 Å². The van der Waals surface area contributed by atoms with Crippen molar-refractivity contribution in [1.29, 1.82) is 0 Å². The molecule has 0 aliphatic heterocycles. The Morgan fingerprint density at radius 2 is 1.67 bits per heavy atom. The van der Waals surface area contributed by atoms with E-state index in [1.165, 1.54) is 0 Å². The smallest absolute Gasteiger partial charge is 0.254 e. The summed E-state index contributed by atoms with van der Waals surface area (Å²) in [6.07, 6.45) is 0. The van der Waals surface area contributed by atoms with Crippen molar-refractivity contribution in [3.8, 4) is 17.2 Å². The van der Waals surface area contributed by atoms with Crippen LogP contribution in [0.2, 0.25) is 0 Å². The molecule has 0 aliphatic rings. The summed E-state index contributed by atoms with van der Waals surface area (Å²) in [7, 11) is 0. The minimum atomic E-state index is 0.238. The van der Waals surface area contributed by atoms with Crippen LogP contribution in [0.25, 0.3) is 22.2 Å². The van der Waals surface area contributed by atoms with E-state index in [1.807, 2.05) is 60.7 Å². The number of nitrogens with zero attached hydrogens (tertiary/aromatic N) is 2. The summed E-state index contributed by atoms with van der Waals surface area (Å²) < 4.78 is 12.5. The molecule has 0 atom stereocenters. The highest BCUT2D eigenvalue weighted by Gasteiger charge is 2.09. The molecule has 1 aromatic heterocycles. The molecule has 0 saturated carbocycles. The van der Waals surface area contributed by atoms with Crippen LogP contribution >= 0.6 is 15.9 Å². The van der Waals surface area contributed by atoms with E-state index in [4.69, 9.17) is 9.15 Å². The number of rotatable bonds is 4. The van der Waals surface area contributed by atoms with Crippen molar-refractivity contribution in [2.75, 3.05) is 0 Å². The third-order valence-electron chi connectivity index (χ3n) is 3.62. The number of aromatic nitrogens is 2. The summed E-state index contributed by atoms with van der Waals surface area (Å²) in [5, 5.41) is 10.4. The molecule has 4 aromatic rings. The summed E-state index contributed by atoms with van der Waals surface area (Å²) in [6.45, 7) is 0.238. The Morgan fingerprint density at radius 1 is 0.875 bits per heavy atom. The lowest BCUT2D eigenvalue weighted by atomic mass is 10.1. The van der Waals surface area contributed by atoms with Crippen LogP contribution in [0.5, 0.6) is 5.75 Å². The molecule has 0 N–H and O–H groups in total. The molecular weight excluding hydrogens is 368 g/mol. The molecule has 4 rings (SSSR count). The first-order valence-corrected chi connectivity index (χ1v) is 8.27. The molecule has 0 spiro atoms. The quantitative estimate of drug-likeness (QED) is 0.486. The zero-order valence-electron chi connectivity index (χ0n) is 12.6. The van der Waals surface area contributed by atoms with Gasteiger partial charge in [-0.2, -0.15) is 0 Å². The standard InChI is InChI=1S/C19H13BrN2O2/c20-16-8-6-15-11-17(9-7-14(15)10-16)23-12-18-21-22-19(24-18)13-4-2-1-3-5-13/h1-11H,12H2. The van der Waals surface area contributed by atoms with Crippen LogP contribution in [0.1, 0.15) is 5.89 Å². The second kappa shape index (κ2) is 6.45. The van der Waals surface area contributed by atoms with Gasteiger partial charge in [-0.25, -0.2) is 0 Å². The van der Waals surface area contributed by atoms with Gasteiger partial charge in [-0.3, -0.25) is 0 Å². The predicted octanol–water partition coefficient (Wildman–Crippen LogP) is 5.23. The number of ether oxygens (including phenoxy) is 1. The zero-order valence-corrected chi connectivity index (χ0v) is 14.2. The van der Waals surface area contributed by atoms with E-state index in [0.717, 1.165) is 26.6 Å². The van der Waals surface area contributed by atoms with Gasteiger partial charge in [0.2, 0.25) is 5.89 Å². The molecule has 1 heterocycles. The summed E-state index contributed by atoms with van der Waals surface area (Å²) in [5.41, 5.74) is 0.896. The number of hydrogen-bond acceptors (Lipinski definition) is 4. The maximum Gasteiger partial charge on any atom is 0.254 e. The molecule has 0 bridgehead atoms. The van der Waals surface area contributed by atoms with E-state index in [9.17, 15) is 0 Å². The number of fused-ring (bicyclic) bond motifs is 1. The van der Waals surface area contributed by atoms with E-state index in [2.05, 4.69) is 32.2 Å². The largest absolute Gasteiger partial charge is 0.484 e. The highest BCUT2D eigenvalue weighted by Crippen LogP contribution is 2.25. The Hall–Kier alpha value is -2.66. The number of hydrogen-bond donors (Lipinski definition) is 0. The van der Waals surface area contributed by atoms with Crippen molar-refractivity contribution in [1.82, 2.24) is 10.2 Å². The summed E-state index contributed by atoms with van der Waals surface area (Å²) >= 11 is 3.47. The molecule has 0 saturated heterocycles. The molecule has 0 amide bonds. The van der Waals surface area contributed by atoms with Gasteiger partial charge in [-0.15, -0.1) is 10.2 Å². The van der Waals surface area contributed by atoms with E-state index in [1.54, 1.807) is 0 Å². The van der Waals surface area contributed by atoms with Gasteiger partial charge >= 0.3 is 0 Å². The first-order valence-electron chi connectivity index (χ1n) is 7.48. The first kappa shape index (κ1) is 14.9. The minimum Gasteiger partial charge on any atom is -0.484 e. The zero-order chi connectivity index (χ0) is 16.4. The van der Waals surface area contributed by atoms with Crippen LogP contribution in [0, 0.1) is 0 Å². The monoisotopic (exact) mass is 380 g/mol. The molecule has 118 valence electrons. The fraction of sp³-hybridized carbons (Fsp3) is 0.0526. The van der Waals surface area contributed by atoms with Crippen LogP contribution in [-0.4, -0.2) is 10.2 Å². The van der Waals surface area contributed by atoms with Crippen molar-refractivity contribution >= 4 is 26.7 Å². The lowest BCUT2D eigenvalue weighted by Gasteiger charge is -2.05. The molecule has 0 fully saturated rings. The third-order valence-corrected chi connectivity index (χ3v) is 4.12. The topological polar surface area (TPSA) is 48.2 Å². The molecule has 24 heavy (non-hydrogen) atoms. The van der Waals surface area contributed by atoms with E-state index in [-0.39, 0.29) is 6.61 Å². The maximum atomic E-state index is 5.77. The van der Waals surface area contributed by atoms with E-state index >= 15 is 0 Å². The minimum absolute atomic E-state index is 0.238. The fourth-order valence-electron chi connectivity index (χ4n) is 2.44. The van der Waals surface area contributed by atoms with Gasteiger partial charge in [0.15, 0.2) is 6.61 Å². The Morgan fingerprint density at radius 3 is 2.54 bits per heavy atom. The average Bonchev–Trinajstić information content (AvgIpc) is 3.10. The molecule has 3 aromatic carbocycles. The Labute approximate surface area is 147 Å². The fourth-order valence-corrected chi connectivity index (χ4v) is 2.82. The van der Waals surface area contributed by atoms with Crippen LogP contribution in [0.15, 0.2) is 75.6 Å². The SMILES string of the molecule is Brc1ccc2cc(OCc3nnc(-c4ccccc4)o3)ccc2c1. The van der Waals surface area contributed by atoms with Gasteiger partial charge in [-0.1, -0.05) is 46.3 Å². The first-order chi connectivity index (χ1) is 11.8. The van der Waals surface area contributed by atoms with Crippen LogP contribution in [0.3, 0.4) is 0 Å². The second-order valence-electron chi connectivity index (χ2n) is 5.31. The summed E-state index contributed by atoms with van der Waals surface area (Å²) in [4.78, 5) is 0. The number of halogens is 1. The van der Waals surface area contributed by atoms with Gasteiger partial charge in [-0.05, 0) is 47.2 Å². The Bertz CT molecular complexity index is 983. The lowest BCUT2D eigenvalue weighted by molar-refractivity contribution is 0.265. The molecule has 5 heteroatoms. The van der Waals surface area contributed by atoms with Crippen molar-refractivity contribution in [3.63, 3.8) is 0 Å². The van der Waals surface area contributed by atoms with Gasteiger partial charge in [0.05, 0.1) is 0 Å². The van der Waals surface area contributed by atoms with Gasteiger partial charge in [0, 0.05) is 10.0 Å². The second-order valence-corrected chi connectivity index (χ2v) is 6.22. The molecule has 4 nitrogen and oxygen atoms in total. The van der Waals surface area contributed by atoms with Gasteiger partial charge in [0.25, 0.3) is 5.89 Å². The normalized spacial score (nSPS) is 10.9. The van der Waals surface area contributed by atoms with E-state index < -0.39 is 0 Å². The van der Waals surface area contributed by atoms with Crippen LogP contribution in [-0.2, 0) is 6.61 Å². The van der Waals surface area contributed by atoms with Crippen molar-refractivity contribution in [2.45, 2.75) is 6.61 Å². The molecule has 0 radical (unpaired) electrons. The average molecular weight is 381 g/mol. The van der Waals surface area contributed by atoms with E-state index in [0.29, 0.717) is 11.8 Å². The lowest BCUT2D eigenvalue weighted by Crippen LogP contribution is -1.95. The third kappa shape index (κ3) is 3.16. The maximum absolute atomic E-state index is 5.77. The highest BCUT2D eigenvalue weighted by molar-refractivity contribution is 9.10. The number of benzene rings is 3.